The smallest absolute Gasteiger partial charge is 0.326 e. The number of nitrogens with one attached hydrogen (secondary N) is 4. The second kappa shape index (κ2) is 21.0. The molecule has 0 saturated carbocycles. The van der Waals surface area contributed by atoms with Crippen LogP contribution in [0.3, 0.4) is 0 Å². The molecule has 296 valence electrons. The molecule has 0 aliphatic carbocycles. The van der Waals surface area contributed by atoms with Crippen molar-refractivity contribution in [2.24, 2.45) is 22.2 Å². The molecular formula is C42H52N8O6. The Hall–Kier alpha value is -6.28. The first-order valence-corrected chi connectivity index (χ1v) is 18.7. The molecule has 0 heterocycles. The van der Waals surface area contributed by atoms with Gasteiger partial charge in [-0.3, -0.25) is 24.2 Å². The minimum Gasteiger partial charge on any atom is -0.480 e. The van der Waals surface area contributed by atoms with E-state index in [1.54, 1.807) is 0 Å². The summed E-state index contributed by atoms with van der Waals surface area (Å²) in [5.74, 6) is -3.83. The topological polar surface area (TPSA) is 244 Å². The van der Waals surface area contributed by atoms with E-state index in [0.717, 1.165) is 32.8 Å². The van der Waals surface area contributed by atoms with Crippen LogP contribution in [0.1, 0.15) is 51.0 Å². The number of rotatable bonds is 21. The highest BCUT2D eigenvalue weighted by Crippen LogP contribution is 2.35. The first-order chi connectivity index (χ1) is 26.9. The van der Waals surface area contributed by atoms with E-state index in [1.165, 1.54) is 18.4 Å². The number of nitrogens with two attached hydrogens (primary N) is 3. The van der Waals surface area contributed by atoms with Gasteiger partial charge in [-0.05, 0) is 89.4 Å². The first-order valence-electron chi connectivity index (χ1n) is 18.7. The van der Waals surface area contributed by atoms with Gasteiger partial charge < -0.3 is 43.6 Å². The van der Waals surface area contributed by atoms with E-state index in [4.69, 9.17) is 17.2 Å². The van der Waals surface area contributed by atoms with Crippen molar-refractivity contribution in [2.75, 3.05) is 13.1 Å². The van der Waals surface area contributed by atoms with Gasteiger partial charge in [-0.25, -0.2) is 4.79 Å². The van der Waals surface area contributed by atoms with Gasteiger partial charge in [0.25, 0.3) is 0 Å². The van der Waals surface area contributed by atoms with Crippen molar-refractivity contribution in [3.8, 4) is 11.1 Å². The quantitative estimate of drug-likeness (QED) is 0.0204. The number of aliphatic carboxylic acids is 1. The molecule has 0 aliphatic heterocycles. The highest BCUT2D eigenvalue weighted by Gasteiger charge is 2.31. The summed E-state index contributed by atoms with van der Waals surface area (Å²) in [5, 5.41) is 24.7. The number of fused-ring (bicyclic) bond motifs is 3. The van der Waals surface area contributed by atoms with Gasteiger partial charge in [0.05, 0.1) is 0 Å². The maximum atomic E-state index is 13.9. The highest BCUT2D eigenvalue weighted by molar-refractivity contribution is 6.13. The number of hydrogen-bond donors (Lipinski definition) is 8. The lowest BCUT2D eigenvalue weighted by molar-refractivity contribution is -0.142. The van der Waals surface area contributed by atoms with Crippen LogP contribution in [0.15, 0.2) is 96.5 Å². The summed E-state index contributed by atoms with van der Waals surface area (Å²) in [7, 11) is 0. The Bertz CT molecular complexity index is 2050. The summed E-state index contributed by atoms with van der Waals surface area (Å²) in [6, 6.07) is 21.9. The van der Waals surface area contributed by atoms with Gasteiger partial charge in [-0.1, -0.05) is 78.9 Å². The largest absolute Gasteiger partial charge is 0.480 e. The maximum absolute atomic E-state index is 13.9. The average Bonchev–Trinajstić information content (AvgIpc) is 3.17. The number of nitrogens with zero attached hydrogens (tertiary/aromatic N) is 1. The number of carbonyl (C=O) groups is 5. The Morgan fingerprint density at radius 2 is 1.30 bits per heavy atom. The molecule has 0 spiro atoms. The lowest BCUT2D eigenvalue weighted by atomic mass is 9.92. The van der Waals surface area contributed by atoms with Crippen LogP contribution < -0.4 is 38.5 Å². The van der Waals surface area contributed by atoms with E-state index >= 15 is 0 Å². The number of carboxylic acids is 1. The van der Waals surface area contributed by atoms with E-state index in [-0.39, 0.29) is 44.6 Å². The summed E-state index contributed by atoms with van der Waals surface area (Å²) in [5.41, 5.74) is 19.4. The highest BCUT2D eigenvalue weighted by atomic mass is 16.4. The standard InChI is InChI=1S/C42H52N8O6/c1-3-11-36(41(55)56)50-39(53)35(17-10-23-46-42(44)45)48-38(52)34(16-8-9-22-43)49-40(54)37(47-26(2)51)24-27-18-20-28(21-19-27)33-25-29-12-4-5-13-30(29)31-14-6-7-15-32(31)33/h3-7,12-15,18-21,25,34-37H,1,8-11,16-17,22-24,43H2,2H3,(H,47,51)(H,48,52)(H,49,54)(H,50,53)(H,55,56)(H4,44,45,46)/t34-,35-,36+,37+/m1/s1. The van der Waals surface area contributed by atoms with Crippen LogP contribution in [0, 0.1) is 0 Å². The molecule has 4 rings (SSSR count). The number of aliphatic imine (C=N–C) groups is 1. The molecule has 0 bridgehead atoms. The second-order valence-electron chi connectivity index (χ2n) is 13.6. The molecule has 4 aromatic rings. The van der Waals surface area contributed by atoms with Crippen molar-refractivity contribution < 1.29 is 29.1 Å². The van der Waals surface area contributed by atoms with E-state index < -0.39 is 53.8 Å². The molecule has 4 amide bonds. The zero-order valence-corrected chi connectivity index (χ0v) is 31.6. The van der Waals surface area contributed by atoms with E-state index in [2.05, 4.69) is 63.2 Å². The van der Waals surface area contributed by atoms with Crippen LogP contribution in [0.4, 0.5) is 0 Å². The number of guanidine groups is 1. The SMILES string of the molecule is C=CC[C@H](NC(=O)[C@@H](CCCN=C(N)N)NC(=O)[C@@H](CCCCN)NC(=O)[C@H](Cc1ccc(-c2cc3ccccc3c3ccccc23)cc1)NC(C)=O)C(=O)O. The Balaban J connectivity index is 1.54. The molecule has 0 aromatic heterocycles. The van der Waals surface area contributed by atoms with Crippen LogP contribution in [0.5, 0.6) is 0 Å². The van der Waals surface area contributed by atoms with Gasteiger partial charge in [0, 0.05) is 19.9 Å². The zero-order valence-electron chi connectivity index (χ0n) is 31.6. The first kappa shape index (κ1) is 42.5. The van der Waals surface area contributed by atoms with Gasteiger partial charge in [0.1, 0.15) is 24.2 Å². The summed E-state index contributed by atoms with van der Waals surface area (Å²) in [6.07, 6.45) is 3.04. The van der Waals surface area contributed by atoms with Crippen LogP contribution in [0.25, 0.3) is 32.7 Å². The maximum Gasteiger partial charge on any atom is 0.326 e. The predicted molar refractivity (Wildman–Crippen MR) is 219 cm³/mol. The average molecular weight is 765 g/mol. The van der Waals surface area contributed by atoms with E-state index in [0.29, 0.717) is 19.4 Å². The van der Waals surface area contributed by atoms with Crippen LogP contribution in [-0.4, -0.2) is 77.9 Å². The second-order valence-corrected chi connectivity index (χ2v) is 13.6. The fraction of sp³-hybridized carbons (Fsp3) is 0.333. The van der Waals surface area contributed by atoms with Gasteiger partial charge in [-0.15, -0.1) is 6.58 Å². The normalized spacial score (nSPS) is 13.1. The van der Waals surface area contributed by atoms with E-state index in [9.17, 15) is 29.1 Å². The van der Waals surface area contributed by atoms with Gasteiger partial charge in [0.2, 0.25) is 23.6 Å². The fourth-order valence-electron chi connectivity index (χ4n) is 6.54. The Kier molecular flexibility index (Phi) is 15.9. The summed E-state index contributed by atoms with van der Waals surface area (Å²) >= 11 is 0. The predicted octanol–water partition coefficient (Wildman–Crippen LogP) is 3.00. The lowest BCUT2D eigenvalue weighted by Crippen LogP contribution is -2.58. The summed E-state index contributed by atoms with van der Waals surface area (Å²) in [6.45, 7) is 5.37. The number of carboxylic acid groups (broad SMARTS) is 1. The van der Waals surface area contributed by atoms with Crippen molar-refractivity contribution in [2.45, 2.75) is 76.0 Å². The molecule has 11 N–H and O–H groups in total. The van der Waals surface area contributed by atoms with Gasteiger partial charge >= 0.3 is 5.97 Å². The molecule has 4 aromatic carbocycles. The van der Waals surface area contributed by atoms with Crippen molar-refractivity contribution in [1.29, 1.82) is 0 Å². The molecular weight excluding hydrogens is 713 g/mol. The van der Waals surface area contributed by atoms with E-state index in [1.807, 2.05) is 48.5 Å². The Morgan fingerprint density at radius 1 is 0.732 bits per heavy atom. The van der Waals surface area contributed by atoms with Crippen LogP contribution in [-0.2, 0) is 30.4 Å². The molecule has 14 nitrogen and oxygen atoms in total. The number of hydrogen-bond acceptors (Lipinski definition) is 7. The van der Waals surface area contributed by atoms with Crippen molar-refractivity contribution in [3.05, 3.63) is 97.1 Å². The van der Waals surface area contributed by atoms with Gasteiger partial charge in [0.15, 0.2) is 5.96 Å². The molecule has 56 heavy (non-hydrogen) atoms. The number of carbonyl (C=O) groups excluding carboxylic acids is 4. The molecule has 0 fully saturated rings. The van der Waals surface area contributed by atoms with Gasteiger partial charge in [-0.2, -0.15) is 0 Å². The number of unbranched alkanes of at least 4 members (excludes halogenated alkanes) is 1. The summed E-state index contributed by atoms with van der Waals surface area (Å²) in [4.78, 5) is 68.9. The molecule has 0 saturated heterocycles. The van der Waals surface area contributed by atoms with Crippen molar-refractivity contribution >= 4 is 57.1 Å². The monoisotopic (exact) mass is 764 g/mol. The third-order valence-corrected chi connectivity index (χ3v) is 9.34. The third kappa shape index (κ3) is 12.1. The third-order valence-electron chi connectivity index (χ3n) is 9.34. The Labute approximate surface area is 326 Å². The van der Waals surface area contributed by atoms with Crippen LogP contribution >= 0.6 is 0 Å². The molecule has 0 radical (unpaired) electrons. The lowest BCUT2D eigenvalue weighted by Gasteiger charge is -2.26. The zero-order chi connectivity index (χ0) is 40.6. The number of amides is 4. The number of benzene rings is 4. The van der Waals surface area contributed by atoms with Crippen molar-refractivity contribution in [1.82, 2.24) is 21.3 Å². The minimum atomic E-state index is -1.27. The minimum absolute atomic E-state index is 0.0406. The molecule has 0 unspecified atom stereocenters. The van der Waals surface area contributed by atoms with Crippen molar-refractivity contribution in [3.63, 3.8) is 0 Å². The van der Waals surface area contributed by atoms with Crippen LogP contribution in [0.2, 0.25) is 0 Å². The molecule has 4 atom stereocenters. The Morgan fingerprint density at radius 3 is 1.89 bits per heavy atom. The molecule has 14 heteroatoms. The molecule has 0 aliphatic rings. The fourth-order valence-corrected chi connectivity index (χ4v) is 6.54. The summed E-state index contributed by atoms with van der Waals surface area (Å²) < 4.78 is 0.